The van der Waals surface area contributed by atoms with E-state index in [0.29, 0.717) is 12.5 Å². The maximum absolute atomic E-state index is 12.4. The van der Waals surface area contributed by atoms with Crippen LogP contribution in [0.4, 0.5) is 0 Å². The van der Waals surface area contributed by atoms with Gasteiger partial charge in [-0.25, -0.2) is 0 Å². The Labute approximate surface area is 150 Å². The lowest BCUT2D eigenvalue weighted by Crippen LogP contribution is -2.50. The second-order valence-electron chi connectivity index (χ2n) is 7.82. The van der Waals surface area contributed by atoms with Crippen molar-refractivity contribution in [2.24, 2.45) is 0 Å². The van der Waals surface area contributed by atoms with Gasteiger partial charge in [-0.15, -0.1) is 0 Å². The molecule has 1 atom stereocenters. The number of para-hydroxylation sites is 1. The highest BCUT2D eigenvalue weighted by Gasteiger charge is 2.45. The number of fused-ring (bicyclic) bond motifs is 1. The van der Waals surface area contributed by atoms with E-state index in [-0.39, 0.29) is 11.5 Å². The fraction of sp³-hybridized carbons (Fsp3) is 0.650. The van der Waals surface area contributed by atoms with E-state index in [1.54, 1.807) is 0 Å². The van der Waals surface area contributed by atoms with E-state index in [1.165, 1.54) is 12.0 Å². The molecule has 1 N–H and O–H groups in total. The molecule has 0 aromatic heterocycles. The van der Waals surface area contributed by atoms with Gasteiger partial charge >= 0.3 is 0 Å². The Morgan fingerprint density at radius 1 is 1.24 bits per heavy atom. The number of carbonyl (C=O) groups is 1. The van der Waals surface area contributed by atoms with Crippen molar-refractivity contribution in [3.63, 3.8) is 0 Å². The Balaban J connectivity index is 1.33. The number of ether oxygens (including phenoxy) is 1. The number of likely N-dealkylation sites (N-methyl/N-ethyl adjacent to an activating group) is 1. The predicted octanol–water partition coefficient (Wildman–Crippen LogP) is 2.19. The molecule has 2 fully saturated rings. The summed E-state index contributed by atoms with van der Waals surface area (Å²) < 4.78 is 6.30. The minimum atomic E-state index is 0.0352. The molecule has 1 aliphatic carbocycles. The number of hydrogen-bond acceptors (Lipinski definition) is 4. The summed E-state index contributed by atoms with van der Waals surface area (Å²) in [6.45, 7) is 4.42. The van der Waals surface area contributed by atoms with Crippen LogP contribution in [0.3, 0.4) is 0 Å². The van der Waals surface area contributed by atoms with Crippen molar-refractivity contribution in [1.82, 2.24) is 15.1 Å². The average molecular weight is 343 g/mol. The van der Waals surface area contributed by atoms with E-state index in [4.69, 9.17) is 4.74 Å². The molecule has 1 saturated heterocycles. The molecule has 3 aliphatic rings. The van der Waals surface area contributed by atoms with E-state index in [9.17, 15) is 4.79 Å². The van der Waals surface area contributed by atoms with Crippen molar-refractivity contribution in [2.75, 3.05) is 39.8 Å². The number of amides is 1. The average Bonchev–Trinajstić information content (AvgIpc) is 2.60. The summed E-state index contributed by atoms with van der Waals surface area (Å²) in [5.41, 5.74) is 1.28. The van der Waals surface area contributed by atoms with Gasteiger partial charge < -0.3 is 19.9 Å². The summed E-state index contributed by atoms with van der Waals surface area (Å²) >= 11 is 0. The minimum absolute atomic E-state index is 0.0352. The third-order valence-electron chi connectivity index (χ3n) is 6.05. The fourth-order valence-electron chi connectivity index (χ4n) is 4.24. The predicted molar refractivity (Wildman–Crippen MR) is 97.7 cm³/mol. The van der Waals surface area contributed by atoms with Gasteiger partial charge in [-0.2, -0.15) is 0 Å². The number of rotatable bonds is 4. The monoisotopic (exact) mass is 343 g/mol. The Hall–Kier alpha value is -1.59. The first kappa shape index (κ1) is 16.9. The molecule has 4 rings (SSSR count). The quantitative estimate of drug-likeness (QED) is 0.910. The number of piperazine rings is 1. The maximum atomic E-state index is 12.4. The summed E-state index contributed by atoms with van der Waals surface area (Å²) in [5.74, 6) is 1.30. The van der Waals surface area contributed by atoms with Crippen LogP contribution in [0.2, 0.25) is 0 Å². The van der Waals surface area contributed by atoms with Crippen molar-refractivity contribution < 1.29 is 9.53 Å². The normalized spacial score (nSPS) is 25.2. The summed E-state index contributed by atoms with van der Waals surface area (Å²) in [6, 6.07) is 8.65. The Morgan fingerprint density at radius 2 is 2.00 bits per heavy atom. The highest BCUT2D eigenvalue weighted by atomic mass is 16.5. The van der Waals surface area contributed by atoms with Gasteiger partial charge in [0.1, 0.15) is 11.4 Å². The maximum Gasteiger partial charge on any atom is 0.223 e. The van der Waals surface area contributed by atoms with Crippen LogP contribution in [0.1, 0.15) is 43.7 Å². The molecule has 1 saturated carbocycles. The smallest absolute Gasteiger partial charge is 0.223 e. The largest absolute Gasteiger partial charge is 0.487 e. The van der Waals surface area contributed by atoms with Crippen LogP contribution >= 0.6 is 0 Å². The lowest BCUT2D eigenvalue weighted by molar-refractivity contribution is -0.132. The molecule has 2 aliphatic heterocycles. The van der Waals surface area contributed by atoms with Crippen LogP contribution in [0.5, 0.6) is 5.75 Å². The number of carbonyl (C=O) groups excluding carboxylic acids is 1. The van der Waals surface area contributed by atoms with Crippen molar-refractivity contribution in [1.29, 1.82) is 0 Å². The molecule has 0 radical (unpaired) electrons. The molecule has 0 unspecified atom stereocenters. The zero-order valence-electron chi connectivity index (χ0n) is 15.2. The third-order valence-corrected chi connectivity index (χ3v) is 6.05. The van der Waals surface area contributed by atoms with E-state index in [0.717, 1.165) is 57.7 Å². The molecule has 0 bridgehead atoms. The molecule has 5 nitrogen and oxygen atoms in total. The van der Waals surface area contributed by atoms with Gasteiger partial charge in [0.25, 0.3) is 0 Å². The SMILES string of the molecule is CN1CCN(C(=O)CCN[C@@H]2CC3(CCC3)Oc3ccccc32)CC1. The first-order chi connectivity index (χ1) is 12.2. The van der Waals surface area contributed by atoms with Gasteiger partial charge in [0.2, 0.25) is 5.91 Å². The van der Waals surface area contributed by atoms with Crippen molar-refractivity contribution in [2.45, 2.75) is 43.7 Å². The Bertz CT molecular complexity index is 621. The van der Waals surface area contributed by atoms with Gasteiger partial charge in [-0.1, -0.05) is 18.2 Å². The molecule has 136 valence electrons. The molecule has 2 heterocycles. The van der Waals surface area contributed by atoms with Crippen LogP contribution in [0.15, 0.2) is 24.3 Å². The van der Waals surface area contributed by atoms with Gasteiger partial charge in [0.05, 0.1) is 0 Å². The van der Waals surface area contributed by atoms with Gasteiger partial charge in [-0.3, -0.25) is 4.79 Å². The highest BCUT2D eigenvalue weighted by Crippen LogP contribution is 2.48. The summed E-state index contributed by atoms with van der Waals surface area (Å²) in [4.78, 5) is 16.7. The van der Waals surface area contributed by atoms with Crippen molar-refractivity contribution in [3.8, 4) is 5.75 Å². The molecule has 1 spiro atoms. The number of benzene rings is 1. The third kappa shape index (κ3) is 3.53. The molecule has 25 heavy (non-hydrogen) atoms. The van der Waals surface area contributed by atoms with E-state index in [2.05, 4.69) is 35.5 Å². The zero-order chi connectivity index (χ0) is 17.3. The topological polar surface area (TPSA) is 44.8 Å². The van der Waals surface area contributed by atoms with E-state index in [1.807, 2.05) is 11.0 Å². The van der Waals surface area contributed by atoms with E-state index >= 15 is 0 Å². The summed E-state index contributed by atoms with van der Waals surface area (Å²) in [6.07, 6.45) is 5.17. The van der Waals surface area contributed by atoms with Gasteiger partial charge in [-0.05, 0) is 32.4 Å². The number of hydrogen-bond donors (Lipinski definition) is 1. The molecular weight excluding hydrogens is 314 g/mol. The Kier molecular flexibility index (Phi) is 4.69. The van der Waals surface area contributed by atoms with Crippen LogP contribution < -0.4 is 10.1 Å². The van der Waals surface area contributed by atoms with Gasteiger partial charge in [0, 0.05) is 57.2 Å². The molecular formula is C20H29N3O2. The summed E-state index contributed by atoms with van der Waals surface area (Å²) in [5, 5.41) is 3.64. The number of nitrogens with zero attached hydrogens (tertiary/aromatic N) is 2. The second kappa shape index (κ2) is 6.96. The van der Waals surface area contributed by atoms with Crippen LogP contribution in [-0.2, 0) is 4.79 Å². The van der Waals surface area contributed by atoms with E-state index < -0.39 is 0 Å². The Morgan fingerprint density at radius 3 is 2.72 bits per heavy atom. The van der Waals surface area contributed by atoms with Crippen LogP contribution in [0.25, 0.3) is 0 Å². The lowest BCUT2D eigenvalue weighted by Gasteiger charge is -2.48. The lowest BCUT2D eigenvalue weighted by atomic mass is 9.73. The summed E-state index contributed by atoms with van der Waals surface area (Å²) in [7, 11) is 2.11. The molecule has 1 amide bonds. The number of nitrogens with one attached hydrogen (secondary N) is 1. The zero-order valence-corrected chi connectivity index (χ0v) is 15.2. The first-order valence-corrected chi connectivity index (χ1v) is 9.63. The van der Waals surface area contributed by atoms with Crippen molar-refractivity contribution >= 4 is 5.91 Å². The fourth-order valence-corrected chi connectivity index (χ4v) is 4.24. The highest BCUT2D eigenvalue weighted by molar-refractivity contribution is 5.76. The first-order valence-electron chi connectivity index (χ1n) is 9.63. The molecule has 5 heteroatoms. The van der Waals surface area contributed by atoms with Crippen LogP contribution in [-0.4, -0.2) is 61.1 Å². The van der Waals surface area contributed by atoms with Crippen molar-refractivity contribution in [3.05, 3.63) is 29.8 Å². The van der Waals surface area contributed by atoms with Crippen LogP contribution in [0, 0.1) is 0 Å². The second-order valence-corrected chi connectivity index (χ2v) is 7.82. The van der Waals surface area contributed by atoms with Gasteiger partial charge in [0.15, 0.2) is 0 Å². The standard InChI is InChI=1S/C20H29N3O2/c1-22-11-13-23(14-12-22)19(24)7-10-21-17-15-20(8-4-9-20)25-18-6-3-2-5-16(17)18/h2-3,5-6,17,21H,4,7-15H2,1H3/t17-/m1/s1. The molecule has 1 aromatic rings. The minimum Gasteiger partial charge on any atom is -0.487 e. The molecule has 1 aromatic carbocycles.